The second-order valence-corrected chi connectivity index (χ2v) is 6.65. The maximum absolute atomic E-state index is 9.59. The number of rotatable bonds is 2. The van der Waals surface area contributed by atoms with E-state index in [4.69, 9.17) is 26.5 Å². The van der Waals surface area contributed by atoms with E-state index in [0.717, 1.165) is 5.56 Å². The molecule has 2 heterocycles. The Kier molecular flexibility index (Phi) is 4.08. The lowest BCUT2D eigenvalue weighted by Crippen LogP contribution is -2.37. The van der Waals surface area contributed by atoms with Gasteiger partial charge in [0.25, 0.3) is 0 Å². The minimum Gasteiger partial charge on any atom is -0.494 e. The van der Waals surface area contributed by atoms with Crippen LogP contribution in [0.3, 0.4) is 0 Å². The van der Waals surface area contributed by atoms with Gasteiger partial charge in [-0.05, 0) is 32.0 Å². The van der Waals surface area contributed by atoms with E-state index in [2.05, 4.69) is 11.2 Å². The Morgan fingerprint density at radius 1 is 1.46 bits per heavy atom. The van der Waals surface area contributed by atoms with Crippen LogP contribution < -0.4 is 10.2 Å². The van der Waals surface area contributed by atoms with E-state index < -0.39 is 0 Å². The van der Waals surface area contributed by atoms with Gasteiger partial charge in [0.05, 0.1) is 25.0 Å². The Hall–Kier alpha value is -2.36. The zero-order valence-electron chi connectivity index (χ0n) is 13.7. The van der Waals surface area contributed by atoms with Crippen molar-refractivity contribution in [3.63, 3.8) is 0 Å². The number of methoxy groups -OCH3 is 1. The molecule has 2 aromatic rings. The largest absolute Gasteiger partial charge is 0.494 e. The molecule has 1 N–H and O–H groups in total. The van der Waals surface area contributed by atoms with Gasteiger partial charge in [-0.15, -0.1) is 0 Å². The fraction of sp³-hybridized carbons (Fsp3) is 0.353. The van der Waals surface area contributed by atoms with E-state index in [0.29, 0.717) is 40.7 Å². The first kappa shape index (κ1) is 16.5. The Morgan fingerprint density at radius 2 is 2.21 bits per heavy atom. The molecule has 0 spiro atoms. The van der Waals surface area contributed by atoms with Crippen molar-refractivity contribution in [1.82, 2.24) is 9.78 Å². The highest BCUT2D eigenvalue weighted by Crippen LogP contribution is 2.29. The molecule has 0 bridgehead atoms. The van der Waals surface area contributed by atoms with Crippen LogP contribution >= 0.6 is 11.6 Å². The van der Waals surface area contributed by atoms with Crippen molar-refractivity contribution in [2.24, 2.45) is 0 Å². The number of halogens is 1. The molecule has 1 aliphatic heterocycles. The average Bonchev–Trinajstić information content (AvgIpc) is 2.54. The highest BCUT2D eigenvalue weighted by atomic mass is 35.5. The lowest BCUT2D eigenvalue weighted by atomic mass is 9.92. The minimum atomic E-state index is -0.382. The van der Waals surface area contributed by atoms with Crippen LogP contribution in [0.25, 0.3) is 5.69 Å². The third-order valence-electron chi connectivity index (χ3n) is 4.00. The fourth-order valence-corrected chi connectivity index (χ4v) is 2.96. The summed E-state index contributed by atoms with van der Waals surface area (Å²) in [5.41, 5.74) is 1.87. The fourth-order valence-electron chi connectivity index (χ4n) is 2.79. The van der Waals surface area contributed by atoms with E-state index in [9.17, 15) is 5.26 Å². The summed E-state index contributed by atoms with van der Waals surface area (Å²) >= 11 is 6.08. The number of ether oxygens (including phenoxy) is 2. The van der Waals surface area contributed by atoms with Crippen molar-refractivity contribution in [2.45, 2.75) is 32.5 Å². The molecule has 6 nitrogen and oxygen atoms in total. The van der Waals surface area contributed by atoms with E-state index in [-0.39, 0.29) is 11.1 Å². The zero-order chi connectivity index (χ0) is 17.5. The first-order valence-corrected chi connectivity index (χ1v) is 7.82. The average molecular weight is 345 g/mol. The van der Waals surface area contributed by atoms with Crippen molar-refractivity contribution in [3.05, 3.63) is 45.5 Å². The molecular weight excluding hydrogens is 328 g/mol. The zero-order valence-corrected chi connectivity index (χ0v) is 14.4. The summed E-state index contributed by atoms with van der Waals surface area (Å²) in [4.78, 5) is 0. The molecule has 0 radical (unpaired) electrons. The maximum Gasteiger partial charge on any atom is 0.165 e. The van der Waals surface area contributed by atoms with Crippen LogP contribution in [-0.2, 0) is 17.8 Å². The van der Waals surface area contributed by atoms with Crippen molar-refractivity contribution in [3.8, 4) is 17.5 Å². The summed E-state index contributed by atoms with van der Waals surface area (Å²) in [6, 6.07) is 7.21. The first-order valence-electron chi connectivity index (χ1n) is 7.44. The van der Waals surface area contributed by atoms with E-state index in [1.165, 1.54) is 11.8 Å². The smallest absolute Gasteiger partial charge is 0.165 e. The van der Waals surface area contributed by atoms with Gasteiger partial charge in [0.15, 0.2) is 5.49 Å². The van der Waals surface area contributed by atoms with Crippen LogP contribution in [0.4, 0.5) is 0 Å². The molecule has 0 aliphatic carbocycles. The summed E-state index contributed by atoms with van der Waals surface area (Å²) in [6.07, 6.45) is 0.539. The molecule has 0 atom stereocenters. The highest BCUT2D eigenvalue weighted by Gasteiger charge is 2.30. The normalized spacial score (nSPS) is 15.5. The molecule has 0 saturated carbocycles. The molecule has 0 unspecified atom stereocenters. The van der Waals surface area contributed by atoms with Gasteiger partial charge < -0.3 is 9.47 Å². The number of hydrogen-bond acceptors (Lipinski definition) is 5. The molecule has 7 heteroatoms. The Balaban J connectivity index is 2.28. The molecule has 124 valence electrons. The standard InChI is InChI=1S/C17H17ClN4O2/c1-17(2)7-11-12(8-19)16(20)22(21-13(11)9-24-17)14-6-10(18)4-5-15(14)23-3/h4-6,20H,7,9H2,1-3H3. The number of fused-ring (bicyclic) bond motifs is 1. The topological polar surface area (TPSA) is 83.9 Å². The van der Waals surface area contributed by atoms with Gasteiger partial charge in [0.1, 0.15) is 23.1 Å². The molecular formula is C17H17ClN4O2. The maximum atomic E-state index is 9.59. The summed E-state index contributed by atoms with van der Waals surface area (Å²) in [7, 11) is 1.53. The Labute approximate surface area is 144 Å². The molecule has 0 saturated heterocycles. The number of benzene rings is 1. The first-order chi connectivity index (χ1) is 11.4. The third-order valence-corrected chi connectivity index (χ3v) is 4.24. The molecule has 0 amide bonds. The molecule has 1 aromatic carbocycles. The molecule has 1 aliphatic rings. The van der Waals surface area contributed by atoms with E-state index >= 15 is 0 Å². The van der Waals surface area contributed by atoms with Crippen molar-refractivity contribution >= 4 is 11.6 Å². The van der Waals surface area contributed by atoms with E-state index in [1.807, 2.05) is 13.8 Å². The van der Waals surface area contributed by atoms with Gasteiger partial charge >= 0.3 is 0 Å². The number of nitrogens with zero attached hydrogens (tertiary/aromatic N) is 3. The van der Waals surface area contributed by atoms with Gasteiger partial charge in [-0.25, -0.2) is 4.68 Å². The SMILES string of the molecule is COc1ccc(Cl)cc1-n1nc2c(c(C#N)c1=N)CC(C)(C)OC2. The van der Waals surface area contributed by atoms with Crippen molar-refractivity contribution < 1.29 is 9.47 Å². The van der Waals surface area contributed by atoms with Gasteiger partial charge in [0.2, 0.25) is 0 Å². The van der Waals surface area contributed by atoms with Crippen LogP contribution in [-0.4, -0.2) is 22.5 Å². The number of hydrogen-bond donors (Lipinski definition) is 1. The van der Waals surface area contributed by atoms with Crippen LogP contribution in [0.1, 0.15) is 30.7 Å². The van der Waals surface area contributed by atoms with Gasteiger partial charge in [-0.3, -0.25) is 5.41 Å². The number of nitrogens with one attached hydrogen (secondary N) is 1. The predicted molar refractivity (Wildman–Crippen MR) is 88.3 cm³/mol. The molecule has 24 heavy (non-hydrogen) atoms. The Morgan fingerprint density at radius 3 is 2.88 bits per heavy atom. The monoisotopic (exact) mass is 344 g/mol. The van der Waals surface area contributed by atoms with Gasteiger partial charge in [0, 0.05) is 17.0 Å². The summed E-state index contributed by atoms with van der Waals surface area (Å²) in [6.45, 7) is 4.21. The number of aromatic nitrogens is 2. The lowest BCUT2D eigenvalue weighted by molar-refractivity contribution is -0.0428. The van der Waals surface area contributed by atoms with Gasteiger partial charge in [-0.2, -0.15) is 10.4 Å². The van der Waals surface area contributed by atoms with Crippen molar-refractivity contribution in [2.75, 3.05) is 7.11 Å². The Bertz CT molecular complexity index is 912. The molecule has 3 rings (SSSR count). The second kappa shape index (κ2) is 5.93. The molecule has 1 aromatic heterocycles. The quantitative estimate of drug-likeness (QED) is 0.907. The third kappa shape index (κ3) is 2.77. The lowest BCUT2D eigenvalue weighted by Gasteiger charge is -2.32. The van der Waals surface area contributed by atoms with Crippen LogP contribution in [0.2, 0.25) is 5.02 Å². The minimum absolute atomic E-state index is 0.00881. The predicted octanol–water partition coefficient (Wildman–Crippen LogP) is 2.74. The van der Waals surface area contributed by atoms with Gasteiger partial charge in [-0.1, -0.05) is 11.6 Å². The highest BCUT2D eigenvalue weighted by molar-refractivity contribution is 6.30. The summed E-state index contributed by atoms with van der Waals surface area (Å²) in [5, 5.41) is 23.0. The summed E-state index contributed by atoms with van der Waals surface area (Å²) in [5.74, 6) is 0.520. The van der Waals surface area contributed by atoms with Crippen LogP contribution in [0.5, 0.6) is 5.75 Å². The summed E-state index contributed by atoms with van der Waals surface area (Å²) < 4.78 is 12.5. The number of nitriles is 1. The van der Waals surface area contributed by atoms with E-state index in [1.54, 1.807) is 18.2 Å². The second-order valence-electron chi connectivity index (χ2n) is 6.21. The molecule has 0 fully saturated rings. The van der Waals surface area contributed by atoms with Crippen molar-refractivity contribution in [1.29, 1.82) is 10.7 Å². The van der Waals surface area contributed by atoms with Crippen LogP contribution in [0, 0.1) is 16.7 Å². The van der Waals surface area contributed by atoms with Crippen LogP contribution in [0.15, 0.2) is 18.2 Å².